The van der Waals surface area contributed by atoms with E-state index in [-0.39, 0.29) is 16.5 Å². The fourth-order valence-corrected chi connectivity index (χ4v) is 4.56. The van der Waals surface area contributed by atoms with E-state index in [0.29, 0.717) is 15.8 Å². The summed E-state index contributed by atoms with van der Waals surface area (Å²) in [5, 5.41) is 2.09. The van der Waals surface area contributed by atoms with Crippen molar-refractivity contribution in [3.05, 3.63) is 57.5 Å². The van der Waals surface area contributed by atoms with Gasteiger partial charge in [-0.2, -0.15) is 4.31 Å². The molecule has 2 aromatic heterocycles. The minimum Gasteiger partial charge on any atom is -0.295 e. The summed E-state index contributed by atoms with van der Waals surface area (Å²) in [5.41, 5.74) is 2.34. The van der Waals surface area contributed by atoms with Crippen molar-refractivity contribution < 1.29 is 18.0 Å². The zero-order valence-electron chi connectivity index (χ0n) is 15.9. The van der Waals surface area contributed by atoms with E-state index >= 15 is 0 Å². The van der Waals surface area contributed by atoms with E-state index in [9.17, 15) is 22.8 Å². The van der Waals surface area contributed by atoms with Crippen LogP contribution in [0.25, 0.3) is 10.2 Å². The zero-order valence-corrected chi connectivity index (χ0v) is 17.5. The lowest BCUT2D eigenvalue weighted by atomic mass is 10.2. The second-order valence-electron chi connectivity index (χ2n) is 6.32. The van der Waals surface area contributed by atoms with Crippen LogP contribution < -0.4 is 11.0 Å². The van der Waals surface area contributed by atoms with E-state index in [4.69, 9.17) is 0 Å². The number of benzene rings is 1. The van der Waals surface area contributed by atoms with E-state index in [1.165, 1.54) is 49.6 Å². The van der Waals surface area contributed by atoms with Gasteiger partial charge in [-0.05, 0) is 37.4 Å². The highest BCUT2D eigenvalue weighted by molar-refractivity contribution is 7.89. The fraction of sp³-hybridized carbons (Fsp3) is 0.222. The zero-order chi connectivity index (χ0) is 21.3. The molecule has 0 bridgehead atoms. The number of carbonyl (C=O) groups is 2. The summed E-state index contributed by atoms with van der Waals surface area (Å²) < 4.78 is 27.2. The molecule has 0 spiro atoms. The molecule has 0 aliphatic rings. The fourth-order valence-electron chi connectivity index (χ4n) is 2.64. The molecule has 0 aliphatic heterocycles. The molecule has 3 aromatic rings. The number of hydrogen-bond acceptors (Lipinski definition) is 7. The van der Waals surface area contributed by atoms with E-state index in [1.54, 1.807) is 18.4 Å². The van der Waals surface area contributed by atoms with Crippen LogP contribution in [0.3, 0.4) is 0 Å². The van der Waals surface area contributed by atoms with Gasteiger partial charge in [-0.1, -0.05) is 12.1 Å². The molecule has 0 saturated carbocycles. The lowest BCUT2D eigenvalue weighted by Crippen LogP contribution is -2.41. The number of sulfonamides is 1. The highest BCUT2D eigenvalue weighted by atomic mass is 32.2. The predicted octanol–water partition coefficient (Wildman–Crippen LogP) is 1.36. The average Bonchev–Trinajstić information content (AvgIpc) is 3.13. The maximum absolute atomic E-state index is 12.7. The van der Waals surface area contributed by atoms with Crippen LogP contribution in [0.5, 0.6) is 0 Å². The van der Waals surface area contributed by atoms with Crippen molar-refractivity contribution in [2.45, 2.75) is 18.7 Å². The van der Waals surface area contributed by atoms with Gasteiger partial charge in [-0.25, -0.2) is 18.1 Å². The molecule has 3 rings (SSSR count). The van der Waals surface area contributed by atoms with Crippen molar-refractivity contribution in [2.24, 2.45) is 0 Å². The molecule has 1 aromatic carbocycles. The Morgan fingerprint density at radius 2 is 1.86 bits per heavy atom. The van der Waals surface area contributed by atoms with Crippen molar-refractivity contribution in [1.82, 2.24) is 14.0 Å². The van der Waals surface area contributed by atoms with Gasteiger partial charge in [0.1, 0.15) is 10.7 Å². The Balaban J connectivity index is 1.78. The van der Waals surface area contributed by atoms with Crippen LogP contribution in [0.4, 0.5) is 0 Å². The van der Waals surface area contributed by atoms with Crippen LogP contribution in [0, 0.1) is 6.92 Å². The molecule has 152 valence electrons. The number of aromatic nitrogens is 2. The summed E-state index contributed by atoms with van der Waals surface area (Å²) in [6.07, 6.45) is 0. The molecule has 0 aliphatic carbocycles. The summed E-state index contributed by atoms with van der Waals surface area (Å²) >= 11 is 1.31. The Hall–Kier alpha value is -2.89. The number of amides is 1. The number of fused-ring (bicyclic) bond motifs is 1. The molecular formula is C18H18N4O5S2. The number of Topliss-reactive ketones (excluding diaryl/α,β-unsaturated/α-hetero) is 1. The Morgan fingerprint density at radius 3 is 2.48 bits per heavy atom. The molecule has 0 unspecified atom stereocenters. The predicted molar refractivity (Wildman–Crippen MR) is 109 cm³/mol. The Bertz CT molecular complexity index is 1260. The molecule has 11 heteroatoms. The van der Waals surface area contributed by atoms with Crippen LogP contribution in [0.15, 0.2) is 45.4 Å². The highest BCUT2D eigenvalue weighted by Crippen LogP contribution is 2.16. The maximum atomic E-state index is 12.7. The Morgan fingerprint density at radius 1 is 1.21 bits per heavy atom. The number of hydrogen-bond donors (Lipinski definition) is 1. The third-order valence-electron chi connectivity index (χ3n) is 4.24. The van der Waals surface area contributed by atoms with Crippen LogP contribution in [0.2, 0.25) is 0 Å². The number of thiophene rings is 1. The minimum atomic E-state index is -3.95. The first-order valence-electron chi connectivity index (χ1n) is 8.45. The van der Waals surface area contributed by atoms with Gasteiger partial charge in [-0.3, -0.25) is 19.8 Å². The number of likely N-dealkylation sites (N-methyl/N-ethyl adjacent to an activating group) is 1. The second-order valence-corrected chi connectivity index (χ2v) is 9.26. The van der Waals surface area contributed by atoms with Crippen LogP contribution in [0.1, 0.15) is 23.1 Å². The summed E-state index contributed by atoms with van der Waals surface area (Å²) in [6.45, 7) is 2.44. The maximum Gasteiger partial charge on any atom is 0.281 e. The number of nitrogens with zero attached hydrogens (tertiary/aromatic N) is 3. The van der Waals surface area contributed by atoms with Crippen LogP contribution in [-0.2, 0) is 14.8 Å². The van der Waals surface area contributed by atoms with Gasteiger partial charge in [0.2, 0.25) is 10.0 Å². The summed E-state index contributed by atoms with van der Waals surface area (Å²) in [4.78, 5) is 41.0. The van der Waals surface area contributed by atoms with Gasteiger partial charge in [0.15, 0.2) is 5.78 Å². The van der Waals surface area contributed by atoms with E-state index in [0.717, 1.165) is 8.98 Å². The first-order valence-corrected chi connectivity index (χ1v) is 10.8. The molecule has 29 heavy (non-hydrogen) atoms. The number of carbonyl (C=O) groups excluding carboxylic acids is 2. The van der Waals surface area contributed by atoms with Crippen molar-refractivity contribution in [2.75, 3.05) is 19.0 Å². The molecule has 0 radical (unpaired) electrons. The number of aryl methyl sites for hydroxylation is 1. The van der Waals surface area contributed by atoms with Gasteiger partial charge in [-0.15, -0.1) is 11.3 Å². The van der Waals surface area contributed by atoms with Gasteiger partial charge in [0, 0.05) is 12.6 Å². The quantitative estimate of drug-likeness (QED) is 0.585. The topological polar surface area (TPSA) is 118 Å². The van der Waals surface area contributed by atoms with Crippen molar-refractivity contribution in [3.8, 4) is 0 Å². The van der Waals surface area contributed by atoms with E-state index in [1.807, 2.05) is 0 Å². The van der Waals surface area contributed by atoms with Gasteiger partial charge < -0.3 is 0 Å². The molecule has 0 fully saturated rings. The number of ketones is 1. The third kappa shape index (κ3) is 4.11. The number of rotatable bonds is 6. The summed E-state index contributed by atoms with van der Waals surface area (Å²) in [5.74, 6) is -0.597. The Kier molecular flexibility index (Phi) is 5.64. The van der Waals surface area contributed by atoms with Gasteiger partial charge in [0.05, 0.1) is 16.8 Å². The molecule has 0 atom stereocenters. The molecule has 0 saturated heterocycles. The standard InChI is InChI=1S/C18H18N4O5S2/c1-11(23)13-4-6-14(7-5-13)29(26,27)21(3)10-16(24)20-22-12(2)19-17-15(18(22)25)8-9-28-17/h4-9H,10H2,1-3H3,(H,20,24). The Labute approximate surface area is 170 Å². The number of nitrogens with one attached hydrogen (secondary N) is 1. The molecule has 9 nitrogen and oxygen atoms in total. The molecule has 1 amide bonds. The van der Waals surface area contributed by atoms with Crippen LogP contribution >= 0.6 is 11.3 Å². The van der Waals surface area contributed by atoms with E-state index < -0.39 is 28.0 Å². The smallest absolute Gasteiger partial charge is 0.281 e. The minimum absolute atomic E-state index is 0.0486. The summed E-state index contributed by atoms with van der Waals surface area (Å²) in [6, 6.07) is 7.05. The van der Waals surface area contributed by atoms with Crippen molar-refractivity contribution in [1.29, 1.82) is 0 Å². The lowest BCUT2D eigenvalue weighted by molar-refractivity contribution is -0.117. The third-order valence-corrected chi connectivity index (χ3v) is 6.86. The lowest BCUT2D eigenvalue weighted by Gasteiger charge is -2.18. The summed E-state index contributed by atoms with van der Waals surface area (Å²) in [7, 11) is -2.70. The average molecular weight is 434 g/mol. The van der Waals surface area contributed by atoms with Crippen LogP contribution in [-0.4, -0.2) is 47.7 Å². The normalized spacial score (nSPS) is 11.7. The van der Waals surface area contributed by atoms with Crippen molar-refractivity contribution >= 4 is 43.3 Å². The SMILES string of the molecule is CC(=O)c1ccc(S(=O)(=O)N(C)CC(=O)Nn2c(C)nc3sccc3c2=O)cc1. The second kappa shape index (κ2) is 7.85. The largest absolute Gasteiger partial charge is 0.295 e. The van der Waals surface area contributed by atoms with Gasteiger partial charge in [0.25, 0.3) is 11.5 Å². The first-order chi connectivity index (χ1) is 13.6. The monoisotopic (exact) mass is 434 g/mol. The highest BCUT2D eigenvalue weighted by Gasteiger charge is 2.24. The molecule has 1 N–H and O–H groups in total. The molecule has 2 heterocycles. The van der Waals surface area contributed by atoms with E-state index in [2.05, 4.69) is 10.4 Å². The van der Waals surface area contributed by atoms with Crippen molar-refractivity contribution in [3.63, 3.8) is 0 Å². The van der Waals surface area contributed by atoms with Gasteiger partial charge >= 0.3 is 0 Å². The first kappa shape index (κ1) is 20.8. The molecular weight excluding hydrogens is 416 g/mol.